The summed E-state index contributed by atoms with van der Waals surface area (Å²) < 4.78 is 0. The first kappa shape index (κ1) is 16.9. The predicted molar refractivity (Wildman–Crippen MR) is 96.9 cm³/mol. The van der Waals surface area contributed by atoms with Crippen LogP contribution in [0.3, 0.4) is 0 Å². The van der Waals surface area contributed by atoms with Crippen LogP contribution in [0.5, 0.6) is 0 Å². The standard InChI is InChI=1S/C18H16ClN5O/c1-12-15(19)5-2-6-16(12)24-18-22-10-14(11-23-18)17(25)21-9-13-4-3-7-20-8-13/h2-8,10-11H,9H2,1H3,(H,21,25)(H,22,23,24). The summed E-state index contributed by atoms with van der Waals surface area (Å²) in [6.45, 7) is 2.30. The molecule has 3 rings (SSSR count). The summed E-state index contributed by atoms with van der Waals surface area (Å²) in [6.07, 6.45) is 6.35. The van der Waals surface area contributed by atoms with E-state index in [-0.39, 0.29) is 5.91 Å². The fourth-order valence-corrected chi connectivity index (χ4v) is 2.33. The van der Waals surface area contributed by atoms with Crippen LogP contribution in [0.2, 0.25) is 5.02 Å². The summed E-state index contributed by atoms with van der Waals surface area (Å²) in [5, 5.41) is 6.56. The summed E-state index contributed by atoms with van der Waals surface area (Å²) in [7, 11) is 0. The molecule has 1 aromatic carbocycles. The van der Waals surface area contributed by atoms with Crippen molar-refractivity contribution in [2.24, 2.45) is 0 Å². The lowest BCUT2D eigenvalue weighted by atomic mass is 10.2. The third-order valence-electron chi connectivity index (χ3n) is 3.60. The van der Waals surface area contributed by atoms with Crippen molar-refractivity contribution in [3.05, 3.63) is 76.8 Å². The number of aromatic nitrogens is 3. The second-order valence-corrected chi connectivity index (χ2v) is 5.78. The first-order chi connectivity index (χ1) is 12.1. The highest BCUT2D eigenvalue weighted by Gasteiger charge is 2.08. The molecule has 0 aliphatic rings. The Hall–Kier alpha value is -2.99. The molecular formula is C18H16ClN5O. The zero-order valence-electron chi connectivity index (χ0n) is 13.5. The van der Waals surface area contributed by atoms with E-state index >= 15 is 0 Å². The molecule has 3 aromatic rings. The number of hydrogen-bond acceptors (Lipinski definition) is 5. The second kappa shape index (κ2) is 7.72. The largest absolute Gasteiger partial charge is 0.348 e. The van der Waals surface area contributed by atoms with Gasteiger partial charge in [0.1, 0.15) is 0 Å². The van der Waals surface area contributed by atoms with Gasteiger partial charge in [-0.25, -0.2) is 9.97 Å². The van der Waals surface area contributed by atoms with Gasteiger partial charge in [0.15, 0.2) is 0 Å². The van der Waals surface area contributed by atoms with Crippen molar-refractivity contribution in [2.75, 3.05) is 5.32 Å². The summed E-state index contributed by atoms with van der Waals surface area (Å²) in [5.41, 5.74) is 3.04. The van der Waals surface area contributed by atoms with Crippen molar-refractivity contribution in [1.82, 2.24) is 20.3 Å². The van der Waals surface area contributed by atoms with E-state index in [1.54, 1.807) is 12.4 Å². The SMILES string of the molecule is Cc1c(Cl)cccc1Nc1ncc(C(=O)NCc2cccnc2)cn1. The van der Waals surface area contributed by atoms with Crippen LogP contribution < -0.4 is 10.6 Å². The van der Waals surface area contributed by atoms with Gasteiger partial charge in [0.2, 0.25) is 5.95 Å². The van der Waals surface area contributed by atoms with Gasteiger partial charge in [-0.2, -0.15) is 0 Å². The number of pyridine rings is 1. The van der Waals surface area contributed by atoms with E-state index in [1.807, 2.05) is 37.3 Å². The lowest BCUT2D eigenvalue weighted by Gasteiger charge is -2.09. The summed E-state index contributed by atoms with van der Waals surface area (Å²) in [6, 6.07) is 9.27. The molecule has 0 radical (unpaired) electrons. The average molecular weight is 354 g/mol. The summed E-state index contributed by atoms with van der Waals surface area (Å²) in [5.74, 6) is 0.156. The molecule has 25 heavy (non-hydrogen) atoms. The van der Waals surface area contributed by atoms with Crippen molar-refractivity contribution in [1.29, 1.82) is 0 Å². The van der Waals surface area contributed by atoms with E-state index in [1.165, 1.54) is 12.4 Å². The van der Waals surface area contributed by atoms with Crippen LogP contribution in [-0.4, -0.2) is 20.9 Å². The minimum atomic E-state index is -0.241. The van der Waals surface area contributed by atoms with Crippen molar-refractivity contribution < 1.29 is 4.79 Å². The van der Waals surface area contributed by atoms with Crippen molar-refractivity contribution in [2.45, 2.75) is 13.5 Å². The molecule has 0 unspecified atom stereocenters. The topological polar surface area (TPSA) is 79.8 Å². The van der Waals surface area contributed by atoms with E-state index in [0.717, 1.165) is 16.8 Å². The fraction of sp³-hybridized carbons (Fsp3) is 0.111. The van der Waals surface area contributed by atoms with Gasteiger partial charge in [0, 0.05) is 42.0 Å². The van der Waals surface area contributed by atoms with Crippen molar-refractivity contribution in [3.63, 3.8) is 0 Å². The van der Waals surface area contributed by atoms with Gasteiger partial charge in [-0.15, -0.1) is 0 Å². The number of anilines is 2. The number of nitrogens with zero attached hydrogens (tertiary/aromatic N) is 3. The summed E-state index contributed by atoms with van der Waals surface area (Å²) in [4.78, 5) is 24.5. The van der Waals surface area contributed by atoms with E-state index in [9.17, 15) is 4.79 Å². The number of rotatable bonds is 5. The Balaban J connectivity index is 1.63. The summed E-state index contributed by atoms with van der Waals surface area (Å²) >= 11 is 6.09. The third kappa shape index (κ3) is 4.30. The second-order valence-electron chi connectivity index (χ2n) is 5.38. The Kier molecular flexibility index (Phi) is 5.20. The first-order valence-electron chi connectivity index (χ1n) is 7.65. The van der Waals surface area contributed by atoms with Gasteiger partial charge in [0.25, 0.3) is 5.91 Å². The van der Waals surface area contributed by atoms with E-state index < -0.39 is 0 Å². The molecule has 6 nitrogen and oxygen atoms in total. The van der Waals surface area contributed by atoms with Crippen LogP contribution in [0, 0.1) is 6.92 Å². The zero-order valence-corrected chi connectivity index (χ0v) is 14.3. The number of halogens is 1. The minimum Gasteiger partial charge on any atom is -0.348 e. The van der Waals surface area contributed by atoms with Crippen LogP contribution >= 0.6 is 11.6 Å². The normalized spacial score (nSPS) is 10.3. The average Bonchev–Trinajstić information content (AvgIpc) is 2.65. The lowest BCUT2D eigenvalue weighted by Crippen LogP contribution is -2.23. The molecule has 0 spiro atoms. The van der Waals surface area contributed by atoms with Crippen LogP contribution in [0.1, 0.15) is 21.5 Å². The van der Waals surface area contributed by atoms with Crippen molar-refractivity contribution in [3.8, 4) is 0 Å². The van der Waals surface area contributed by atoms with Gasteiger partial charge in [-0.1, -0.05) is 23.7 Å². The maximum atomic E-state index is 12.1. The maximum Gasteiger partial charge on any atom is 0.254 e. The minimum absolute atomic E-state index is 0.241. The zero-order chi connectivity index (χ0) is 17.6. The number of hydrogen-bond donors (Lipinski definition) is 2. The molecule has 0 fully saturated rings. The smallest absolute Gasteiger partial charge is 0.254 e. The lowest BCUT2D eigenvalue weighted by molar-refractivity contribution is 0.0950. The van der Waals surface area contributed by atoms with Crippen LogP contribution in [0.15, 0.2) is 55.1 Å². The molecule has 2 N–H and O–H groups in total. The molecule has 0 aliphatic carbocycles. The highest BCUT2D eigenvalue weighted by atomic mass is 35.5. The number of carbonyl (C=O) groups is 1. The monoisotopic (exact) mass is 353 g/mol. The van der Waals surface area contributed by atoms with Gasteiger partial charge < -0.3 is 10.6 Å². The van der Waals surface area contributed by atoms with E-state index in [0.29, 0.717) is 23.1 Å². The first-order valence-corrected chi connectivity index (χ1v) is 8.02. The van der Waals surface area contributed by atoms with Crippen LogP contribution in [-0.2, 0) is 6.54 Å². The Morgan fingerprint density at radius 3 is 2.64 bits per heavy atom. The molecule has 0 bridgehead atoms. The Morgan fingerprint density at radius 2 is 1.92 bits per heavy atom. The molecular weight excluding hydrogens is 338 g/mol. The van der Waals surface area contributed by atoms with Gasteiger partial charge >= 0.3 is 0 Å². The molecule has 126 valence electrons. The fourth-order valence-electron chi connectivity index (χ4n) is 2.16. The maximum absolute atomic E-state index is 12.1. The highest BCUT2D eigenvalue weighted by molar-refractivity contribution is 6.31. The molecule has 0 saturated heterocycles. The number of benzene rings is 1. The molecule has 0 aliphatic heterocycles. The number of amides is 1. The Labute approximate surface area is 150 Å². The highest BCUT2D eigenvalue weighted by Crippen LogP contribution is 2.24. The third-order valence-corrected chi connectivity index (χ3v) is 4.01. The van der Waals surface area contributed by atoms with Gasteiger partial charge in [-0.05, 0) is 36.2 Å². The van der Waals surface area contributed by atoms with Crippen LogP contribution in [0.25, 0.3) is 0 Å². The van der Waals surface area contributed by atoms with Gasteiger partial charge in [-0.3, -0.25) is 9.78 Å². The molecule has 2 heterocycles. The molecule has 7 heteroatoms. The Bertz CT molecular complexity index is 868. The van der Waals surface area contributed by atoms with Crippen molar-refractivity contribution >= 4 is 29.1 Å². The van der Waals surface area contributed by atoms with Crippen LogP contribution in [0.4, 0.5) is 11.6 Å². The molecule has 2 aromatic heterocycles. The van der Waals surface area contributed by atoms with E-state index in [2.05, 4.69) is 25.6 Å². The number of carbonyl (C=O) groups excluding carboxylic acids is 1. The number of nitrogens with one attached hydrogen (secondary N) is 2. The molecule has 1 amide bonds. The quantitative estimate of drug-likeness (QED) is 0.733. The molecule has 0 saturated carbocycles. The Morgan fingerprint density at radius 1 is 1.12 bits per heavy atom. The predicted octanol–water partition coefficient (Wildman–Crippen LogP) is 3.51. The van der Waals surface area contributed by atoms with E-state index in [4.69, 9.17) is 11.6 Å². The molecule has 0 atom stereocenters. The van der Waals surface area contributed by atoms with Gasteiger partial charge in [0.05, 0.1) is 5.56 Å².